The van der Waals surface area contributed by atoms with Crippen molar-refractivity contribution in [2.45, 2.75) is 13.0 Å². The van der Waals surface area contributed by atoms with Gasteiger partial charge in [0.2, 0.25) is 11.9 Å². The Morgan fingerprint density at radius 3 is 2.90 bits per heavy atom. The Morgan fingerprint density at radius 1 is 1.34 bits per heavy atom. The van der Waals surface area contributed by atoms with E-state index >= 15 is 0 Å². The molecule has 5 rings (SSSR count). The number of ether oxygens (including phenoxy) is 1. The van der Waals surface area contributed by atoms with E-state index in [2.05, 4.69) is 35.7 Å². The van der Waals surface area contributed by atoms with Crippen LogP contribution in [0.25, 0.3) is 11.0 Å². The maximum atomic E-state index is 11.7. The van der Waals surface area contributed by atoms with Gasteiger partial charge in [-0.2, -0.15) is 15.1 Å². The maximum Gasteiger partial charge on any atom is 0.246 e. The zero-order valence-corrected chi connectivity index (χ0v) is 16.2. The van der Waals surface area contributed by atoms with Crippen LogP contribution in [0.2, 0.25) is 0 Å². The summed E-state index contributed by atoms with van der Waals surface area (Å²) in [7, 11) is 1.52. The Labute approximate surface area is 167 Å². The number of carbonyl (C=O) groups excluding carboxylic acids is 1. The van der Waals surface area contributed by atoms with Gasteiger partial charge in [0.15, 0.2) is 5.65 Å². The number of amides is 1. The molecule has 0 aromatic carbocycles. The highest BCUT2D eigenvalue weighted by atomic mass is 16.5. The van der Waals surface area contributed by atoms with Crippen LogP contribution in [0, 0.1) is 18.8 Å². The van der Waals surface area contributed by atoms with Crippen molar-refractivity contribution in [1.82, 2.24) is 30.5 Å². The van der Waals surface area contributed by atoms with Crippen LogP contribution < -0.4 is 15.5 Å². The molecule has 10 heteroatoms. The SMILES string of the molecule is COCC(=O)NC1[C@H]2CN(c3nc(Nc4cc(C)n[nH]4)c4cccnc4n3)C[C@@H]12. The van der Waals surface area contributed by atoms with Crippen molar-refractivity contribution >= 4 is 34.5 Å². The Balaban J connectivity index is 1.36. The molecule has 4 heterocycles. The number of aromatic amines is 1. The molecule has 1 saturated heterocycles. The van der Waals surface area contributed by atoms with Crippen LogP contribution >= 0.6 is 0 Å². The molecule has 0 radical (unpaired) electrons. The van der Waals surface area contributed by atoms with Gasteiger partial charge in [-0.05, 0) is 19.1 Å². The van der Waals surface area contributed by atoms with Crippen molar-refractivity contribution in [3.05, 3.63) is 30.1 Å². The van der Waals surface area contributed by atoms with E-state index in [4.69, 9.17) is 9.72 Å². The van der Waals surface area contributed by atoms with Crippen molar-refractivity contribution in [3.8, 4) is 0 Å². The zero-order valence-electron chi connectivity index (χ0n) is 16.2. The van der Waals surface area contributed by atoms with Crippen LogP contribution in [0.4, 0.5) is 17.6 Å². The molecule has 3 aromatic heterocycles. The number of H-pyrrole nitrogens is 1. The summed E-state index contributed by atoms with van der Waals surface area (Å²) >= 11 is 0. The number of anilines is 3. The molecule has 3 atom stereocenters. The summed E-state index contributed by atoms with van der Waals surface area (Å²) < 4.78 is 4.89. The topological polar surface area (TPSA) is 121 Å². The predicted molar refractivity (Wildman–Crippen MR) is 107 cm³/mol. The summed E-state index contributed by atoms with van der Waals surface area (Å²) in [5, 5.41) is 14.3. The molecule has 0 spiro atoms. The van der Waals surface area contributed by atoms with Gasteiger partial charge in [-0.3, -0.25) is 9.89 Å². The lowest BCUT2D eigenvalue weighted by Gasteiger charge is -2.21. The van der Waals surface area contributed by atoms with Crippen LogP contribution in [0.15, 0.2) is 24.4 Å². The van der Waals surface area contributed by atoms with Gasteiger partial charge in [0.1, 0.15) is 18.2 Å². The third kappa shape index (κ3) is 3.35. The van der Waals surface area contributed by atoms with Gasteiger partial charge in [0, 0.05) is 50.3 Å². The quantitative estimate of drug-likeness (QED) is 0.566. The second-order valence-electron chi connectivity index (χ2n) is 7.55. The van der Waals surface area contributed by atoms with Gasteiger partial charge in [-0.25, -0.2) is 4.98 Å². The van der Waals surface area contributed by atoms with E-state index in [0.717, 1.165) is 30.0 Å². The van der Waals surface area contributed by atoms with Gasteiger partial charge < -0.3 is 20.3 Å². The number of hydrogen-bond acceptors (Lipinski definition) is 8. The molecule has 1 amide bonds. The van der Waals surface area contributed by atoms with Crippen molar-refractivity contribution in [2.75, 3.05) is 37.0 Å². The normalized spacial score (nSPS) is 22.6. The highest BCUT2D eigenvalue weighted by Gasteiger charge is 2.57. The Kier molecular flexibility index (Phi) is 4.27. The molecule has 1 aliphatic carbocycles. The van der Waals surface area contributed by atoms with E-state index in [-0.39, 0.29) is 18.6 Å². The van der Waals surface area contributed by atoms with Crippen LogP contribution in [0.1, 0.15) is 5.69 Å². The summed E-state index contributed by atoms with van der Waals surface area (Å²) in [5.74, 6) is 2.88. The predicted octanol–water partition coefficient (Wildman–Crippen LogP) is 0.997. The number of aryl methyl sites for hydroxylation is 1. The molecule has 2 aliphatic rings. The lowest BCUT2D eigenvalue weighted by molar-refractivity contribution is -0.125. The van der Waals surface area contributed by atoms with Crippen LogP contribution in [-0.2, 0) is 9.53 Å². The molecule has 10 nitrogen and oxygen atoms in total. The number of aromatic nitrogens is 5. The average Bonchev–Trinajstić information content (AvgIpc) is 3.05. The number of nitrogens with zero attached hydrogens (tertiary/aromatic N) is 5. The van der Waals surface area contributed by atoms with Gasteiger partial charge in [-0.1, -0.05) is 0 Å². The first-order chi connectivity index (χ1) is 14.1. The van der Waals surface area contributed by atoms with Crippen molar-refractivity contribution in [3.63, 3.8) is 0 Å². The Bertz CT molecular complexity index is 1060. The number of pyridine rings is 1. The molecule has 1 aliphatic heterocycles. The lowest BCUT2D eigenvalue weighted by atomic mass is 10.3. The third-order valence-electron chi connectivity index (χ3n) is 5.50. The summed E-state index contributed by atoms with van der Waals surface area (Å²) in [6, 6.07) is 5.95. The summed E-state index contributed by atoms with van der Waals surface area (Å²) in [4.78, 5) is 27.7. The summed E-state index contributed by atoms with van der Waals surface area (Å²) in [6.45, 7) is 3.64. The molecular formula is C19H22N8O2. The molecule has 3 N–H and O–H groups in total. The largest absolute Gasteiger partial charge is 0.375 e. The monoisotopic (exact) mass is 394 g/mol. The van der Waals surface area contributed by atoms with E-state index < -0.39 is 0 Å². The number of piperidine rings is 1. The number of nitrogens with one attached hydrogen (secondary N) is 3. The van der Waals surface area contributed by atoms with Gasteiger partial charge >= 0.3 is 0 Å². The van der Waals surface area contributed by atoms with E-state index in [1.165, 1.54) is 7.11 Å². The van der Waals surface area contributed by atoms with Crippen LogP contribution in [-0.4, -0.2) is 63.9 Å². The van der Waals surface area contributed by atoms with Crippen LogP contribution in [0.5, 0.6) is 0 Å². The molecule has 1 saturated carbocycles. The molecule has 1 unspecified atom stereocenters. The van der Waals surface area contributed by atoms with Crippen molar-refractivity contribution in [2.24, 2.45) is 11.8 Å². The highest BCUT2D eigenvalue weighted by Crippen LogP contribution is 2.46. The second-order valence-corrected chi connectivity index (χ2v) is 7.55. The first kappa shape index (κ1) is 17.8. The standard InChI is InChI=1S/C19H22N8O2/c1-10-6-14(26-25-10)21-18-11-4-3-5-20-17(11)23-19(24-18)27-7-12-13(8-27)16(12)22-15(28)9-29-2/h3-6,12-13,16H,7-9H2,1-2H3,(H,22,28)(H2,20,21,23,24,25,26)/t12-,13+,16?. The lowest BCUT2D eigenvalue weighted by Crippen LogP contribution is -2.36. The fraction of sp³-hybridized carbons (Fsp3) is 0.421. The Hall–Kier alpha value is -3.27. The van der Waals surface area contributed by atoms with Gasteiger partial charge in [0.25, 0.3) is 0 Å². The first-order valence-electron chi connectivity index (χ1n) is 9.57. The number of methoxy groups -OCH3 is 1. The highest BCUT2D eigenvalue weighted by molar-refractivity contribution is 5.89. The molecule has 0 bridgehead atoms. The van der Waals surface area contributed by atoms with E-state index in [0.29, 0.717) is 29.2 Å². The van der Waals surface area contributed by atoms with Crippen molar-refractivity contribution in [1.29, 1.82) is 0 Å². The molecule has 29 heavy (non-hydrogen) atoms. The van der Waals surface area contributed by atoms with E-state index in [9.17, 15) is 4.79 Å². The number of fused-ring (bicyclic) bond motifs is 2. The second kappa shape index (κ2) is 6.96. The van der Waals surface area contributed by atoms with Gasteiger partial charge in [0.05, 0.1) is 11.1 Å². The minimum Gasteiger partial charge on any atom is -0.375 e. The Morgan fingerprint density at radius 2 is 2.17 bits per heavy atom. The van der Waals surface area contributed by atoms with E-state index in [1.54, 1.807) is 6.20 Å². The first-order valence-corrected chi connectivity index (χ1v) is 9.57. The smallest absolute Gasteiger partial charge is 0.246 e. The molecule has 3 aromatic rings. The maximum absolute atomic E-state index is 11.7. The fourth-order valence-electron chi connectivity index (χ4n) is 4.06. The molecular weight excluding hydrogens is 372 g/mol. The third-order valence-corrected chi connectivity index (χ3v) is 5.50. The summed E-state index contributed by atoms with van der Waals surface area (Å²) in [5.41, 5.74) is 1.53. The zero-order chi connectivity index (χ0) is 20.0. The average molecular weight is 394 g/mol. The number of hydrogen-bond donors (Lipinski definition) is 3. The fourth-order valence-corrected chi connectivity index (χ4v) is 4.06. The molecule has 150 valence electrons. The minimum absolute atomic E-state index is 0.0639. The van der Waals surface area contributed by atoms with Gasteiger partial charge in [-0.15, -0.1) is 0 Å². The van der Waals surface area contributed by atoms with Crippen molar-refractivity contribution < 1.29 is 9.53 Å². The van der Waals surface area contributed by atoms with Crippen LogP contribution in [0.3, 0.4) is 0 Å². The summed E-state index contributed by atoms with van der Waals surface area (Å²) in [6.07, 6.45) is 1.73. The number of carbonyl (C=O) groups is 1. The molecule has 2 fully saturated rings. The number of rotatable bonds is 6. The van der Waals surface area contributed by atoms with E-state index in [1.807, 2.05) is 25.1 Å². The minimum atomic E-state index is -0.0639.